The van der Waals surface area contributed by atoms with Crippen LogP contribution in [0.3, 0.4) is 0 Å². The summed E-state index contributed by atoms with van der Waals surface area (Å²) in [6.45, 7) is 5.87. The first kappa shape index (κ1) is 15.4. The van der Waals surface area contributed by atoms with Gasteiger partial charge in [-0.15, -0.1) is 0 Å². The smallest absolute Gasteiger partial charge is 0.243 e. The molecule has 0 radical (unpaired) electrons. The number of amides is 2. The van der Waals surface area contributed by atoms with Gasteiger partial charge in [0.2, 0.25) is 11.8 Å². The van der Waals surface area contributed by atoms with Crippen LogP contribution < -0.4 is 15.5 Å². The molecule has 1 aromatic rings. The van der Waals surface area contributed by atoms with Gasteiger partial charge in [0.25, 0.3) is 0 Å². The molecule has 2 amide bonds. The zero-order valence-corrected chi connectivity index (χ0v) is 12.7. The molecule has 1 saturated heterocycles. The summed E-state index contributed by atoms with van der Waals surface area (Å²) in [5, 5.41) is 5.24. The number of anilines is 2. The van der Waals surface area contributed by atoms with Crippen molar-refractivity contribution in [2.24, 2.45) is 5.92 Å². The SMILES string of the molecule is CC(=O)NCC(=O)Nc1ccc(N2CCC(C)CC2)cc1. The van der Waals surface area contributed by atoms with Gasteiger partial charge in [-0.1, -0.05) is 6.92 Å². The number of rotatable bonds is 4. The Hall–Kier alpha value is -2.04. The number of hydrogen-bond acceptors (Lipinski definition) is 3. The lowest BCUT2D eigenvalue weighted by Gasteiger charge is -2.32. The topological polar surface area (TPSA) is 61.4 Å². The van der Waals surface area contributed by atoms with Crippen LogP contribution in [-0.2, 0) is 9.59 Å². The molecule has 5 nitrogen and oxygen atoms in total. The second kappa shape index (κ2) is 7.11. The molecular formula is C16H23N3O2. The minimum Gasteiger partial charge on any atom is -0.372 e. The Morgan fingerprint density at radius 1 is 1.19 bits per heavy atom. The molecule has 114 valence electrons. The van der Waals surface area contributed by atoms with Crippen molar-refractivity contribution >= 4 is 23.2 Å². The normalized spacial score (nSPS) is 15.6. The van der Waals surface area contributed by atoms with Crippen LogP contribution in [0.25, 0.3) is 0 Å². The van der Waals surface area contributed by atoms with E-state index in [4.69, 9.17) is 0 Å². The summed E-state index contributed by atoms with van der Waals surface area (Å²) < 4.78 is 0. The maximum Gasteiger partial charge on any atom is 0.243 e. The van der Waals surface area contributed by atoms with E-state index in [0.717, 1.165) is 24.7 Å². The highest BCUT2D eigenvalue weighted by molar-refractivity contribution is 5.94. The molecule has 0 saturated carbocycles. The fraction of sp³-hybridized carbons (Fsp3) is 0.500. The average Bonchev–Trinajstić information content (AvgIpc) is 2.47. The number of hydrogen-bond donors (Lipinski definition) is 2. The first-order chi connectivity index (χ1) is 10.0. The molecule has 1 aromatic carbocycles. The van der Waals surface area contributed by atoms with Crippen LogP contribution in [0.15, 0.2) is 24.3 Å². The molecule has 1 aliphatic heterocycles. The Balaban J connectivity index is 1.87. The highest BCUT2D eigenvalue weighted by Crippen LogP contribution is 2.24. The Kier molecular flexibility index (Phi) is 5.20. The first-order valence-electron chi connectivity index (χ1n) is 7.44. The van der Waals surface area contributed by atoms with E-state index in [-0.39, 0.29) is 18.4 Å². The molecule has 0 atom stereocenters. The van der Waals surface area contributed by atoms with E-state index in [1.165, 1.54) is 25.5 Å². The number of carbonyl (C=O) groups excluding carboxylic acids is 2. The first-order valence-corrected chi connectivity index (χ1v) is 7.44. The number of nitrogens with zero attached hydrogens (tertiary/aromatic N) is 1. The van der Waals surface area contributed by atoms with Crippen molar-refractivity contribution in [3.8, 4) is 0 Å². The minimum atomic E-state index is -0.218. The van der Waals surface area contributed by atoms with Gasteiger partial charge in [-0.05, 0) is 43.0 Å². The van der Waals surface area contributed by atoms with Crippen LogP contribution in [0, 0.1) is 5.92 Å². The Morgan fingerprint density at radius 2 is 1.81 bits per heavy atom. The predicted molar refractivity (Wildman–Crippen MR) is 84.4 cm³/mol. The van der Waals surface area contributed by atoms with Gasteiger partial charge < -0.3 is 15.5 Å². The summed E-state index contributed by atoms with van der Waals surface area (Å²) in [6, 6.07) is 7.87. The molecular weight excluding hydrogens is 266 g/mol. The van der Waals surface area contributed by atoms with Crippen molar-refractivity contribution in [1.29, 1.82) is 0 Å². The fourth-order valence-electron chi connectivity index (χ4n) is 2.43. The molecule has 2 rings (SSSR count). The highest BCUT2D eigenvalue weighted by Gasteiger charge is 2.15. The van der Waals surface area contributed by atoms with Gasteiger partial charge in [0.15, 0.2) is 0 Å². The number of nitrogens with one attached hydrogen (secondary N) is 2. The van der Waals surface area contributed by atoms with Crippen molar-refractivity contribution in [1.82, 2.24) is 5.32 Å². The zero-order valence-electron chi connectivity index (χ0n) is 12.7. The molecule has 1 aliphatic rings. The molecule has 0 unspecified atom stereocenters. The van der Waals surface area contributed by atoms with E-state index >= 15 is 0 Å². The van der Waals surface area contributed by atoms with Gasteiger partial charge in [-0.2, -0.15) is 0 Å². The standard InChI is InChI=1S/C16H23N3O2/c1-12-7-9-19(10-8-12)15-5-3-14(4-6-15)18-16(21)11-17-13(2)20/h3-6,12H,7-11H2,1-2H3,(H,17,20)(H,18,21). The van der Waals surface area contributed by atoms with Crippen molar-refractivity contribution in [2.45, 2.75) is 26.7 Å². The molecule has 0 bridgehead atoms. The largest absolute Gasteiger partial charge is 0.372 e. The minimum absolute atomic E-state index is 0.00109. The Labute approximate surface area is 125 Å². The number of benzene rings is 1. The van der Waals surface area contributed by atoms with Crippen LogP contribution in [0.5, 0.6) is 0 Å². The molecule has 0 spiro atoms. The summed E-state index contributed by atoms with van der Waals surface area (Å²) in [7, 11) is 0. The van der Waals surface area contributed by atoms with Crippen LogP contribution in [0.1, 0.15) is 26.7 Å². The van der Waals surface area contributed by atoms with E-state index in [1.807, 2.05) is 24.3 Å². The quantitative estimate of drug-likeness (QED) is 0.891. The number of carbonyl (C=O) groups is 2. The molecule has 1 heterocycles. The summed E-state index contributed by atoms with van der Waals surface area (Å²) in [4.78, 5) is 24.7. The van der Waals surface area contributed by atoms with Crippen molar-refractivity contribution in [2.75, 3.05) is 29.9 Å². The van der Waals surface area contributed by atoms with Gasteiger partial charge in [-0.3, -0.25) is 9.59 Å². The molecule has 2 N–H and O–H groups in total. The monoisotopic (exact) mass is 289 g/mol. The van der Waals surface area contributed by atoms with Crippen LogP contribution >= 0.6 is 0 Å². The maximum absolute atomic E-state index is 11.6. The summed E-state index contributed by atoms with van der Waals surface area (Å²) in [5.41, 5.74) is 1.95. The van der Waals surface area contributed by atoms with E-state index in [1.54, 1.807) is 0 Å². The molecule has 0 aliphatic carbocycles. The summed E-state index contributed by atoms with van der Waals surface area (Å²) in [6.07, 6.45) is 2.46. The fourth-order valence-corrected chi connectivity index (χ4v) is 2.43. The Morgan fingerprint density at radius 3 is 2.38 bits per heavy atom. The average molecular weight is 289 g/mol. The van der Waals surface area contributed by atoms with E-state index in [9.17, 15) is 9.59 Å². The van der Waals surface area contributed by atoms with Crippen molar-refractivity contribution in [3.05, 3.63) is 24.3 Å². The lowest BCUT2D eigenvalue weighted by atomic mass is 9.99. The summed E-state index contributed by atoms with van der Waals surface area (Å²) in [5.74, 6) is 0.387. The van der Waals surface area contributed by atoms with Crippen LogP contribution in [0.2, 0.25) is 0 Å². The molecule has 5 heteroatoms. The number of piperidine rings is 1. The van der Waals surface area contributed by atoms with E-state index in [2.05, 4.69) is 22.5 Å². The Bertz CT molecular complexity index is 491. The second-order valence-electron chi connectivity index (χ2n) is 5.67. The van der Waals surface area contributed by atoms with Crippen molar-refractivity contribution in [3.63, 3.8) is 0 Å². The summed E-state index contributed by atoms with van der Waals surface area (Å²) >= 11 is 0. The van der Waals surface area contributed by atoms with Gasteiger partial charge in [0.05, 0.1) is 6.54 Å². The van der Waals surface area contributed by atoms with Gasteiger partial charge >= 0.3 is 0 Å². The van der Waals surface area contributed by atoms with Crippen molar-refractivity contribution < 1.29 is 9.59 Å². The van der Waals surface area contributed by atoms with Gasteiger partial charge in [0, 0.05) is 31.4 Å². The van der Waals surface area contributed by atoms with E-state index in [0.29, 0.717) is 0 Å². The lowest BCUT2D eigenvalue weighted by Crippen LogP contribution is -2.32. The van der Waals surface area contributed by atoms with Gasteiger partial charge in [0.1, 0.15) is 0 Å². The zero-order chi connectivity index (χ0) is 15.2. The predicted octanol–water partition coefficient (Wildman–Crippen LogP) is 2.00. The molecule has 1 fully saturated rings. The van der Waals surface area contributed by atoms with Crippen LogP contribution in [0.4, 0.5) is 11.4 Å². The lowest BCUT2D eigenvalue weighted by molar-refractivity contribution is -0.122. The highest BCUT2D eigenvalue weighted by atomic mass is 16.2. The maximum atomic E-state index is 11.6. The molecule has 21 heavy (non-hydrogen) atoms. The van der Waals surface area contributed by atoms with Crippen LogP contribution in [-0.4, -0.2) is 31.4 Å². The second-order valence-corrected chi connectivity index (χ2v) is 5.67. The van der Waals surface area contributed by atoms with Gasteiger partial charge in [-0.25, -0.2) is 0 Å². The third-order valence-electron chi connectivity index (χ3n) is 3.80. The molecule has 0 aromatic heterocycles. The third kappa shape index (κ3) is 4.77. The third-order valence-corrected chi connectivity index (χ3v) is 3.80. The van der Waals surface area contributed by atoms with E-state index < -0.39 is 0 Å².